The lowest BCUT2D eigenvalue weighted by molar-refractivity contribution is -0.144. The third-order valence-corrected chi connectivity index (χ3v) is 4.09. The molecule has 2 aromatic carbocycles. The maximum Gasteiger partial charge on any atom is 0.348 e. The van der Waals surface area contributed by atoms with E-state index in [1.165, 1.54) is 0 Å². The van der Waals surface area contributed by atoms with E-state index in [9.17, 15) is 14.7 Å². The van der Waals surface area contributed by atoms with Gasteiger partial charge in [-0.05, 0) is 25.5 Å². The lowest BCUT2D eigenvalue weighted by Gasteiger charge is -2.21. The molecule has 0 heterocycles. The molecule has 0 aliphatic carbocycles. The fourth-order valence-corrected chi connectivity index (χ4v) is 2.77. The zero-order chi connectivity index (χ0) is 21.1. The Balaban J connectivity index is 2.49. The molecule has 152 valence electrons. The molecule has 0 aliphatic rings. The number of carbonyl (C=O) groups is 2. The van der Waals surface area contributed by atoms with Crippen LogP contribution < -0.4 is 0 Å². The molecular weight excluding hydrogens is 370 g/mol. The summed E-state index contributed by atoms with van der Waals surface area (Å²) in [5.41, 5.74) is 1.35. The maximum absolute atomic E-state index is 12.6. The van der Waals surface area contributed by atoms with Gasteiger partial charge in [-0.1, -0.05) is 60.7 Å². The van der Waals surface area contributed by atoms with E-state index < -0.39 is 23.9 Å². The predicted octanol–water partition coefficient (Wildman–Crippen LogP) is 3.93. The highest BCUT2D eigenvalue weighted by atomic mass is 16.5. The van der Waals surface area contributed by atoms with Crippen molar-refractivity contribution in [1.29, 1.82) is 0 Å². The highest BCUT2D eigenvalue weighted by molar-refractivity contribution is 6.23. The van der Waals surface area contributed by atoms with Gasteiger partial charge < -0.3 is 14.6 Å². The topological polar surface area (TPSA) is 85.2 Å². The van der Waals surface area contributed by atoms with E-state index in [1.807, 2.05) is 36.4 Å². The van der Waals surface area contributed by atoms with Gasteiger partial charge >= 0.3 is 11.9 Å². The summed E-state index contributed by atoms with van der Waals surface area (Å²) in [6.07, 6.45) is 2.53. The van der Waals surface area contributed by atoms with Crippen LogP contribution in [-0.4, -0.2) is 42.5 Å². The predicted molar refractivity (Wildman–Crippen MR) is 112 cm³/mol. The zero-order valence-corrected chi connectivity index (χ0v) is 16.5. The van der Waals surface area contributed by atoms with Gasteiger partial charge in [0.05, 0.1) is 13.2 Å². The van der Waals surface area contributed by atoms with Gasteiger partial charge in [0.2, 0.25) is 0 Å². The highest BCUT2D eigenvalue weighted by Crippen LogP contribution is 2.28. The molecule has 0 spiro atoms. The molecule has 6 nitrogen and oxygen atoms in total. The Morgan fingerprint density at radius 3 is 2.14 bits per heavy atom. The molecule has 0 saturated heterocycles. The molecular formula is C23H25NO5. The van der Waals surface area contributed by atoms with Crippen LogP contribution in [0.15, 0.2) is 71.7 Å². The van der Waals surface area contributed by atoms with Crippen LogP contribution in [-0.2, 0) is 19.1 Å². The first kappa shape index (κ1) is 21.9. The van der Waals surface area contributed by atoms with E-state index in [-0.39, 0.29) is 19.0 Å². The number of esters is 2. The highest BCUT2D eigenvalue weighted by Gasteiger charge is 2.30. The Hall–Kier alpha value is -3.41. The molecule has 0 radical (unpaired) electrons. The van der Waals surface area contributed by atoms with Gasteiger partial charge in [-0.3, -0.25) is 4.99 Å². The van der Waals surface area contributed by atoms with Crippen LogP contribution >= 0.6 is 0 Å². The fraction of sp³-hybridized carbons (Fsp3) is 0.261. The summed E-state index contributed by atoms with van der Waals surface area (Å²) in [5.74, 6) is -1.90. The van der Waals surface area contributed by atoms with Crippen molar-refractivity contribution in [3.05, 3.63) is 77.9 Å². The first-order valence-electron chi connectivity index (χ1n) is 9.44. The number of rotatable bonds is 9. The lowest BCUT2D eigenvalue weighted by atomic mass is 9.90. The Bertz CT molecular complexity index is 846. The normalized spacial score (nSPS) is 13.7. The summed E-state index contributed by atoms with van der Waals surface area (Å²) in [6, 6.07) is 17.1. The maximum atomic E-state index is 12.6. The number of aliphatic hydroxyl groups excluding tert-OH is 1. The molecule has 0 aliphatic heterocycles. The van der Waals surface area contributed by atoms with Crippen molar-refractivity contribution in [2.75, 3.05) is 13.2 Å². The van der Waals surface area contributed by atoms with Crippen LogP contribution in [0.25, 0.3) is 5.76 Å². The van der Waals surface area contributed by atoms with Gasteiger partial charge in [-0.2, -0.15) is 0 Å². The number of ether oxygens (including phenoxy) is 2. The zero-order valence-electron chi connectivity index (χ0n) is 16.5. The molecule has 0 fully saturated rings. The quantitative estimate of drug-likeness (QED) is 0.395. The Kier molecular flexibility index (Phi) is 8.63. The van der Waals surface area contributed by atoms with Crippen molar-refractivity contribution in [3.8, 4) is 0 Å². The van der Waals surface area contributed by atoms with Gasteiger partial charge in [0.15, 0.2) is 6.04 Å². The molecule has 0 aromatic heterocycles. The molecule has 2 aromatic rings. The van der Waals surface area contributed by atoms with Crippen LogP contribution in [0.4, 0.5) is 0 Å². The van der Waals surface area contributed by atoms with E-state index >= 15 is 0 Å². The number of hydrogen-bond donors (Lipinski definition) is 1. The van der Waals surface area contributed by atoms with Crippen molar-refractivity contribution in [3.63, 3.8) is 0 Å². The number of hydrogen-bond acceptors (Lipinski definition) is 6. The van der Waals surface area contributed by atoms with Gasteiger partial charge in [0.1, 0.15) is 12.0 Å². The third-order valence-electron chi connectivity index (χ3n) is 4.09. The van der Waals surface area contributed by atoms with Crippen molar-refractivity contribution in [1.82, 2.24) is 0 Å². The Labute approximate surface area is 170 Å². The minimum atomic E-state index is -1.06. The standard InChI is InChI=1S/C23H25NO5/c1-3-28-21(26)16-24-22(23(27)29-4-2)19(17-11-7-5-8-12-17)15-20(25)18-13-9-6-10-14-18/h5-16,19,22,25H,3-4H2,1-2H3/b20-15-,24-16?. The number of nitrogens with zero attached hydrogens (tertiary/aromatic N) is 1. The molecule has 0 saturated carbocycles. The monoisotopic (exact) mass is 395 g/mol. The van der Waals surface area contributed by atoms with Gasteiger partial charge in [-0.25, -0.2) is 9.59 Å². The summed E-state index contributed by atoms with van der Waals surface area (Å²) in [4.78, 5) is 28.5. The van der Waals surface area contributed by atoms with Crippen LogP contribution in [0.3, 0.4) is 0 Å². The van der Waals surface area contributed by atoms with Gasteiger partial charge in [-0.15, -0.1) is 0 Å². The second-order valence-corrected chi connectivity index (χ2v) is 6.08. The Morgan fingerprint density at radius 2 is 1.55 bits per heavy atom. The summed E-state index contributed by atoms with van der Waals surface area (Å²) in [7, 11) is 0. The van der Waals surface area contributed by atoms with Gasteiger partial charge in [0, 0.05) is 11.5 Å². The fourth-order valence-electron chi connectivity index (χ4n) is 2.77. The average Bonchev–Trinajstić information content (AvgIpc) is 2.74. The van der Waals surface area contributed by atoms with E-state index in [4.69, 9.17) is 9.47 Å². The molecule has 2 rings (SSSR count). The molecule has 1 N–H and O–H groups in total. The Morgan fingerprint density at radius 1 is 0.966 bits per heavy atom. The minimum Gasteiger partial charge on any atom is -0.508 e. The van der Waals surface area contributed by atoms with E-state index in [1.54, 1.807) is 44.2 Å². The smallest absolute Gasteiger partial charge is 0.348 e. The lowest BCUT2D eigenvalue weighted by Crippen LogP contribution is -2.29. The van der Waals surface area contributed by atoms with Crippen LogP contribution in [0.2, 0.25) is 0 Å². The molecule has 2 atom stereocenters. The van der Waals surface area contributed by atoms with Crippen molar-refractivity contribution >= 4 is 23.9 Å². The summed E-state index contributed by atoms with van der Waals surface area (Å²) in [5, 5.41) is 10.6. The number of aliphatic hydroxyl groups is 1. The average molecular weight is 395 g/mol. The van der Waals surface area contributed by atoms with Crippen LogP contribution in [0, 0.1) is 0 Å². The van der Waals surface area contributed by atoms with E-state index in [0.29, 0.717) is 5.56 Å². The number of carbonyl (C=O) groups excluding carboxylic acids is 2. The number of benzene rings is 2. The summed E-state index contributed by atoms with van der Waals surface area (Å²) in [6.45, 7) is 3.74. The van der Waals surface area contributed by atoms with Crippen molar-refractivity contribution < 1.29 is 24.2 Å². The first-order valence-corrected chi connectivity index (χ1v) is 9.44. The molecule has 0 bridgehead atoms. The summed E-state index contributed by atoms with van der Waals surface area (Å²) < 4.78 is 10.0. The van der Waals surface area contributed by atoms with E-state index in [2.05, 4.69) is 4.99 Å². The van der Waals surface area contributed by atoms with Crippen LogP contribution in [0.5, 0.6) is 0 Å². The second kappa shape index (κ2) is 11.4. The van der Waals surface area contributed by atoms with Crippen molar-refractivity contribution in [2.45, 2.75) is 25.8 Å². The van der Waals surface area contributed by atoms with Crippen molar-refractivity contribution in [2.24, 2.45) is 4.99 Å². The largest absolute Gasteiger partial charge is 0.508 e. The SMILES string of the molecule is CCOC(=O)C=NC(C(=O)OCC)C(/C=C(\O)c1ccccc1)c1ccccc1. The minimum absolute atomic E-state index is 0.0000799. The van der Waals surface area contributed by atoms with E-state index in [0.717, 1.165) is 11.8 Å². The van der Waals surface area contributed by atoms with Crippen LogP contribution in [0.1, 0.15) is 30.9 Å². The molecule has 2 unspecified atom stereocenters. The second-order valence-electron chi connectivity index (χ2n) is 6.08. The molecule has 6 heteroatoms. The number of aliphatic imine (C=N–C) groups is 1. The molecule has 29 heavy (non-hydrogen) atoms. The van der Waals surface area contributed by atoms with Gasteiger partial charge in [0.25, 0.3) is 0 Å². The molecule has 0 amide bonds. The first-order chi connectivity index (χ1) is 14.1. The summed E-state index contributed by atoms with van der Waals surface area (Å²) >= 11 is 0. The third kappa shape index (κ3) is 6.60.